The van der Waals surface area contributed by atoms with Crippen LogP contribution in [0.1, 0.15) is 67.5 Å². The van der Waals surface area contributed by atoms with Gasteiger partial charge in [0.2, 0.25) is 0 Å². The number of rotatable bonds is 16. The van der Waals surface area contributed by atoms with Crippen molar-refractivity contribution in [1.29, 1.82) is 31.6 Å². The second-order valence-electron chi connectivity index (χ2n) is 32.9. The van der Waals surface area contributed by atoms with E-state index in [9.17, 15) is 31.6 Å². The Morgan fingerprint density at radius 1 is 0.233 bits per heavy atom. The minimum Gasteiger partial charge on any atom is -0.310 e. The number of hydrogen-bond acceptors (Lipinski definition) is 16. The van der Waals surface area contributed by atoms with Crippen LogP contribution in [0.25, 0.3) is 133 Å². The van der Waals surface area contributed by atoms with Gasteiger partial charge in [-0.25, -0.2) is 29.9 Å². The van der Waals surface area contributed by atoms with Gasteiger partial charge in [0, 0.05) is 86.1 Å². The van der Waals surface area contributed by atoms with Gasteiger partial charge in [0.15, 0.2) is 34.2 Å². The zero-order chi connectivity index (χ0) is 98.1. The molecule has 146 heavy (non-hydrogen) atoms. The average Bonchev–Trinajstić information content (AvgIpc) is 0.722. The number of benzene rings is 18. The molecule has 0 unspecified atom stereocenters. The van der Waals surface area contributed by atoms with Crippen LogP contribution in [0.15, 0.2) is 473 Å². The van der Waals surface area contributed by atoms with Crippen molar-refractivity contribution in [2.45, 2.75) is 0 Å². The predicted octanol–water partition coefficient (Wildman–Crippen LogP) is 30.1. The molecule has 0 amide bonds. The Hall–Kier alpha value is -19.6. The van der Waals surface area contributed by atoms with E-state index in [-0.39, 0.29) is 107 Å². The van der Waals surface area contributed by atoms with E-state index in [4.69, 9.17) is 0 Å². The van der Waals surface area contributed by atoms with Gasteiger partial charge in [0.25, 0.3) is 0 Å². The maximum Gasteiger partial charge on any atom is 0.177 e. The first kappa shape index (κ1) is 98.0. The van der Waals surface area contributed by atoms with Crippen molar-refractivity contribution in [1.82, 2.24) is 39.9 Å². The van der Waals surface area contributed by atoms with E-state index >= 15 is 0 Å². The predicted molar refractivity (Wildman–Crippen MR) is 576 cm³/mol. The van der Waals surface area contributed by atoms with Gasteiger partial charge in [-0.1, -0.05) is 340 Å². The van der Waals surface area contributed by atoms with Gasteiger partial charge < -0.3 is 19.8 Å². The molecule has 0 aliphatic heterocycles. The monoisotopic (exact) mass is 2230 g/mol. The van der Waals surface area contributed by atoms with Gasteiger partial charge in [0.1, 0.15) is 69.5 Å². The fourth-order valence-electron chi connectivity index (χ4n) is 17.1. The van der Waals surface area contributed by atoms with Crippen molar-refractivity contribution < 1.29 is 40.2 Å². The third-order valence-corrected chi connectivity index (χ3v) is 24.0. The van der Waals surface area contributed by atoms with Crippen molar-refractivity contribution in [2.24, 2.45) is 0 Å². The van der Waals surface area contributed by atoms with Gasteiger partial charge in [-0.15, -0.1) is 71.8 Å². The minimum absolute atomic E-state index is 0. The van der Waals surface area contributed by atoms with Crippen LogP contribution in [0.5, 0.6) is 0 Å². The first-order valence-corrected chi connectivity index (χ1v) is 46.3. The zero-order valence-corrected chi connectivity index (χ0v) is 82.8. The van der Waals surface area contributed by atoms with Crippen molar-refractivity contribution in [3.63, 3.8) is 0 Å². The first-order valence-electron chi connectivity index (χ1n) is 46.3. The normalized spacial score (nSPS) is 10.3. The van der Waals surface area contributed by atoms with Gasteiger partial charge in [0.05, 0.1) is 11.4 Å². The van der Waals surface area contributed by atoms with E-state index in [0.717, 1.165) is 56.6 Å². The molecular formula is C128H80Ir2N16-2. The molecule has 0 spiro atoms. The van der Waals surface area contributed by atoms with E-state index < -0.39 is 0 Å². The molecule has 0 bridgehead atoms. The number of hydrogen-bond donors (Lipinski definition) is 0. The Morgan fingerprint density at radius 2 is 0.514 bits per heavy atom. The summed E-state index contributed by atoms with van der Waals surface area (Å²) in [4.78, 5) is 38.0. The van der Waals surface area contributed by atoms with Crippen molar-refractivity contribution >= 4 is 123 Å². The van der Waals surface area contributed by atoms with E-state index in [1.165, 1.54) is 99.1 Å². The second kappa shape index (κ2) is 47.4. The number of nitriles is 6. The van der Waals surface area contributed by atoms with Crippen LogP contribution in [0.4, 0.5) is 34.1 Å². The molecule has 5 aromatic heterocycles. The van der Waals surface area contributed by atoms with E-state index in [2.05, 4.69) is 450 Å². The summed E-state index contributed by atoms with van der Waals surface area (Å²) in [5.41, 5.74) is 23.4. The molecule has 5 heterocycles. The molecule has 18 aromatic carbocycles. The SMILES string of the molecule is C(=C(c1ccccc1)c1ccccc1)c1ccc(-c2ccc(C=C(c3ccccc3)c3ccccc3)cc2)cc1.N#Cc1nc2c3nc(C#N)c(C#N)nc3c3nc(C#N)c(C#N)nc3c2nc1C#N.[Ir].[Ir].[c-]1ccccc1-c1ccccn1.[c-]1ccccc1-c1nccc2ccccc12.c1ccc(N(c2ccc(-c3ccc(N(c4ccccc4)c4cccc5ccccc45)cc3)cc2)c2cccc3ccccc23)cc1. The molecule has 2 radical (unpaired) electrons. The molecule has 0 saturated heterocycles. The molecule has 0 N–H and O–H groups in total. The smallest absolute Gasteiger partial charge is 0.177 e. The van der Waals surface area contributed by atoms with Crippen LogP contribution in [-0.4, -0.2) is 39.9 Å². The molecule has 23 aromatic rings. The number of pyridine rings is 2. The Balaban J connectivity index is 0.000000133. The van der Waals surface area contributed by atoms with Crippen LogP contribution >= 0.6 is 0 Å². The van der Waals surface area contributed by atoms with Crippen molar-refractivity contribution in [3.8, 4) is 81.2 Å². The standard InChI is InChI=1S/C44H32N2.C40H30.C18N12.C15H10N.C11H8N.2Ir/c1-3-17-37(18-4-1)45(43-23-11-15-35-13-7-9-21-41(35)43)39-29-25-33(26-30-39)34-27-31-40(32-28-34)46(38-19-5-2-6-20-38)44-24-12-16-36-14-8-10-22-42(36)44;1-5-13-35(14-6-1)39(36-15-7-2-8-16-36)29-31-21-25-33(26-22-31)34-27-23-32(24-28-34)30-40(37-17-9-3-10-18-37)38-19-11-4-12-20-38;19-1-7-8(2-20)26-14-13(25-7)15-17(29-10(4-22)9(3-21)27-15)18-16(14)28-11(5-23)12(6-24)30-18;1-2-7-13(8-3-1)15-14-9-5-4-6-12(14)10-11-16-15;1-2-6-10(7-3-1)11-8-4-5-9-12-11;;/h1-32H;1-30H;;1-7,9-11H;1-6,8-9H;;/q;;;2*-1;;. The molecule has 0 aliphatic rings. The molecule has 0 fully saturated rings. The fraction of sp³-hybridized carbons (Fsp3) is 0. The summed E-state index contributed by atoms with van der Waals surface area (Å²) < 4.78 is 0. The van der Waals surface area contributed by atoms with Gasteiger partial charge in [-0.05, 0) is 185 Å². The summed E-state index contributed by atoms with van der Waals surface area (Å²) >= 11 is 0. The van der Waals surface area contributed by atoms with Crippen LogP contribution in [0, 0.1) is 80.1 Å². The van der Waals surface area contributed by atoms with Crippen LogP contribution in [-0.2, 0) is 40.2 Å². The van der Waals surface area contributed by atoms with E-state index in [0.29, 0.717) is 0 Å². The Bertz CT molecular complexity index is 8100. The third kappa shape index (κ3) is 22.3. The topological polar surface area (TPSA) is 252 Å². The summed E-state index contributed by atoms with van der Waals surface area (Å²) in [6, 6.07) is 178. The first-order chi connectivity index (χ1) is 71.2. The van der Waals surface area contributed by atoms with Crippen LogP contribution < -0.4 is 9.80 Å². The van der Waals surface area contributed by atoms with E-state index in [1.807, 2.05) is 91.1 Å². The largest absolute Gasteiger partial charge is 0.310 e. The Labute approximate surface area is 871 Å². The number of fused-ring (bicyclic) bond motifs is 9. The van der Waals surface area contributed by atoms with Crippen LogP contribution in [0.3, 0.4) is 0 Å². The number of para-hydroxylation sites is 2. The van der Waals surface area contributed by atoms with Gasteiger partial charge in [-0.3, -0.25) is 0 Å². The summed E-state index contributed by atoms with van der Waals surface area (Å²) in [5.74, 6) is 0. The van der Waals surface area contributed by atoms with Crippen LogP contribution in [0.2, 0.25) is 0 Å². The molecule has 0 saturated carbocycles. The number of anilines is 6. The van der Waals surface area contributed by atoms with Gasteiger partial charge in [-0.2, -0.15) is 31.6 Å². The van der Waals surface area contributed by atoms with Crippen molar-refractivity contribution in [3.05, 3.63) is 553 Å². The Kier molecular flexibility index (Phi) is 31.8. The molecule has 18 heteroatoms. The molecule has 0 aliphatic carbocycles. The maximum absolute atomic E-state index is 9.29. The number of aromatic nitrogens is 8. The van der Waals surface area contributed by atoms with Crippen molar-refractivity contribution in [2.75, 3.05) is 9.80 Å². The summed E-state index contributed by atoms with van der Waals surface area (Å²) in [6.07, 6.45) is 8.18. The summed E-state index contributed by atoms with van der Waals surface area (Å²) in [6.45, 7) is 0. The molecule has 16 nitrogen and oxygen atoms in total. The third-order valence-electron chi connectivity index (χ3n) is 24.0. The molecule has 0 atom stereocenters. The molecular weight excluding hydrogens is 2150 g/mol. The maximum atomic E-state index is 9.29. The summed E-state index contributed by atoms with van der Waals surface area (Å²) in [7, 11) is 0. The summed E-state index contributed by atoms with van der Waals surface area (Å²) in [5, 5.41) is 63.0. The fourth-order valence-corrected chi connectivity index (χ4v) is 17.1. The minimum atomic E-state index is -0.294. The molecule has 23 rings (SSSR count). The number of nitrogens with zero attached hydrogens (tertiary/aromatic N) is 16. The van der Waals surface area contributed by atoms with E-state index in [1.54, 1.807) is 42.6 Å². The second-order valence-corrected chi connectivity index (χ2v) is 32.9. The average molecular weight is 2230 g/mol. The Morgan fingerprint density at radius 3 is 0.836 bits per heavy atom. The zero-order valence-electron chi connectivity index (χ0n) is 78.0. The molecule has 692 valence electrons. The van der Waals surface area contributed by atoms with Gasteiger partial charge >= 0.3 is 0 Å². The quantitative estimate of drug-likeness (QED) is 0.0495.